The summed E-state index contributed by atoms with van der Waals surface area (Å²) in [6, 6.07) is 0. The predicted molar refractivity (Wildman–Crippen MR) is 74.8 cm³/mol. The van der Waals surface area contributed by atoms with Crippen LogP contribution >= 0.6 is 24.0 Å². The second kappa shape index (κ2) is 9.60. The van der Waals surface area contributed by atoms with Gasteiger partial charge in [0.05, 0.1) is 12.4 Å². The van der Waals surface area contributed by atoms with Gasteiger partial charge in [-0.1, -0.05) is 23.9 Å². The van der Waals surface area contributed by atoms with Crippen molar-refractivity contribution in [2.75, 3.05) is 12.4 Å². The fourth-order valence-corrected chi connectivity index (χ4v) is 2.16. The Labute approximate surface area is 107 Å². The first-order chi connectivity index (χ1) is 7.65. The Hall–Kier alpha value is -0.610. The van der Waals surface area contributed by atoms with Crippen molar-refractivity contribution in [3.05, 3.63) is 25.3 Å². The SMILES string of the molecule is C=CCC(CC=C)C(=O)CSC(=S)OCC. The lowest BCUT2D eigenvalue weighted by Gasteiger charge is -2.11. The molecule has 0 aromatic heterocycles. The van der Waals surface area contributed by atoms with Crippen LogP contribution in [-0.4, -0.2) is 22.5 Å². The normalized spacial score (nSPS) is 9.88. The number of carbonyl (C=O) groups is 1. The maximum absolute atomic E-state index is 11.8. The average Bonchev–Trinajstić information content (AvgIpc) is 2.26. The third kappa shape index (κ3) is 6.80. The van der Waals surface area contributed by atoms with Crippen molar-refractivity contribution in [1.82, 2.24) is 0 Å². The molecule has 0 bridgehead atoms. The summed E-state index contributed by atoms with van der Waals surface area (Å²) in [6.45, 7) is 9.70. The van der Waals surface area contributed by atoms with Crippen LogP contribution in [0.3, 0.4) is 0 Å². The van der Waals surface area contributed by atoms with Crippen molar-refractivity contribution in [3.63, 3.8) is 0 Å². The van der Waals surface area contributed by atoms with Crippen LogP contribution in [-0.2, 0) is 9.53 Å². The van der Waals surface area contributed by atoms with Gasteiger partial charge in [0, 0.05) is 5.92 Å². The molecule has 0 unspecified atom stereocenters. The molecule has 0 aromatic carbocycles. The van der Waals surface area contributed by atoms with Crippen LogP contribution in [0, 0.1) is 5.92 Å². The zero-order valence-corrected chi connectivity index (χ0v) is 11.2. The summed E-state index contributed by atoms with van der Waals surface area (Å²) in [4.78, 5) is 11.8. The topological polar surface area (TPSA) is 26.3 Å². The maximum Gasteiger partial charge on any atom is 0.220 e. The Morgan fingerprint density at radius 3 is 2.44 bits per heavy atom. The highest BCUT2D eigenvalue weighted by Gasteiger charge is 2.16. The highest BCUT2D eigenvalue weighted by atomic mass is 32.2. The van der Waals surface area contributed by atoms with E-state index in [2.05, 4.69) is 13.2 Å². The summed E-state index contributed by atoms with van der Waals surface area (Å²) in [6.07, 6.45) is 4.90. The number of hydrogen-bond donors (Lipinski definition) is 0. The van der Waals surface area contributed by atoms with Crippen molar-refractivity contribution in [3.8, 4) is 0 Å². The fraction of sp³-hybridized carbons (Fsp3) is 0.500. The summed E-state index contributed by atoms with van der Waals surface area (Å²) >= 11 is 6.22. The van der Waals surface area contributed by atoms with Gasteiger partial charge in [0.1, 0.15) is 5.78 Å². The molecule has 16 heavy (non-hydrogen) atoms. The fourth-order valence-electron chi connectivity index (χ4n) is 1.17. The van der Waals surface area contributed by atoms with E-state index in [0.717, 1.165) is 0 Å². The second-order valence-electron chi connectivity index (χ2n) is 3.18. The minimum Gasteiger partial charge on any atom is -0.479 e. The van der Waals surface area contributed by atoms with Crippen LogP contribution in [0.15, 0.2) is 25.3 Å². The Morgan fingerprint density at radius 1 is 1.44 bits per heavy atom. The molecular formula is C12H18O2S2. The van der Waals surface area contributed by atoms with Gasteiger partial charge in [-0.2, -0.15) is 0 Å². The monoisotopic (exact) mass is 258 g/mol. The number of ketones is 1. The van der Waals surface area contributed by atoms with Gasteiger partial charge in [0.15, 0.2) is 0 Å². The zero-order valence-electron chi connectivity index (χ0n) is 9.61. The lowest BCUT2D eigenvalue weighted by molar-refractivity contribution is -0.120. The van der Waals surface area contributed by atoms with Gasteiger partial charge in [0.2, 0.25) is 4.38 Å². The van der Waals surface area contributed by atoms with Crippen LogP contribution in [0.4, 0.5) is 0 Å². The summed E-state index contributed by atoms with van der Waals surface area (Å²) in [5, 5.41) is 0. The van der Waals surface area contributed by atoms with E-state index in [9.17, 15) is 4.79 Å². The highest BCUT2D eigenvalue weighted by molar-refractivity contribution is 8.23. The first-order valence-corrected chi connectivity index (χ1v) is 6.59. The molecule has 0 fully saturated rings. The first kappa shape index (κ1) is 15.4. The number of ether oxygens (including phenoxy) is 1. The molecule has 0 saturated heterocycles. The molecule has 0 rings (SSSR count). The number of hydrogen-bond acceptors (Lipinski definition) is 4. The van der Waals surface area contributed by atoms with E-state index in [1.165, 1.54) is 11.8 Å². The molecular weight excluding hydrogens is 240 g/mol. The largest absolute Gasteiger partial charge is 0.479 e. The number of rotatable bonds is 8. The number of Topliss-reactive ketones (excluding diaryl/α,β-unsaturated/α-hetero) is 1. The van der Waals surface area contributed by atoms with Crippen LogP contribution in [0.2, 0.25) is 0 Å². The Kier molecular flexibility index (Phi) is 9.24. The van der Waals surface area contributed by atoms with E-state index in [1.807, 2.05) is 6.92 Å². The number of allylic oxidation sites excluding steroid dienone is 2. The van der Waals surface area contributed by atoms with Crippen molar-refractivity contribution >= 4 is 34.1 Å². The molecule has 0 N–H and O–H groups in total. The summed E-state index contributed by atoms with van der Waals surface area (Å²) in [5.41, 5.74) is 0. The Bertz CT molecular complexity index is 252. The highest BCUT2D eigenvalue weighted by Crippen LogP contribution is 2.16. The summed E-state index contributed by atoms with van der Waals surface area (Å²) in [7, 11) is 0. The second-order valence-corrected chi connectivity index (χ2v) is 4.76. The predicted octanol–water partition coefficient (Wildman–Crippen LogP) is 3.38. The lowest BCUT2D eigenvalue weighted by Crippen LogP contribution is -2.16. The van der Waals surface area contributed by atoms with E-state index < -0.39 is 0 Å². The van der Waals surface area contributed by atoms with Crippen molar-refractivity contribution in [2.24, 2.45) is 5.92 Å². The standard InChI is InChI=1S/C12H18O2S2/c1-4-7-10(8-5-2)11(13)9-16-12(15)14-6-3/h4-5,10H,1-2,6-9H2,3H3. The smallest absolute Gasteiger partial charge is 0.220 e. The van der Waals surface area contributed by atoms with E-state index in [4.69, 9.17) is 17.0 Å². The van der Waals surface area contributed by atoms with E-state index in [0.29, 0.717) is 29.6 Å². The molecule has 0 spiro atoms. The van der Waals surface area contributed by atoms with Crippen LogP contribution in [0.5, 0.6) is 0 Å². The van der Waals surface area contributed by atoms with Gasteiger partial charge in [-0.05, 0) is 32.0 Å². The van der Waals surface area contributed by atoms with Crippen molar-refractivity contribution in [1.29, 1.82) is 0 Å². The Balaban J connectivity index is 4.04. The number of carbonyl (C=O) groups excluding carboxylic acids is 1. The molecule has 0 heterocycles. The minimum absolute atomic E-state index is 0.0214. The molecule has 4 heteroatoms. The molecule has 0 aliphatic rings. The third-order valence-corrected chi connectivity index (χ3v) is 3.21. The minimum atomic E-state index is -0.0214. The number of thioether (sulfide) groups is 1. The molecule has 0 amide bonds. The molecule has 0 atom stereocenters. The quantitative estimate of drug-likeness (QED) is 0.492. The molecule has 0 aromatic rings. The number of thiocarbonyl (C=S) groups is 1. The van der Waals surface area contributed by atoms with Gasteiger partial charge >= 0.3 is 0 Å². The van der Waals surface area contributed by atoms with Crippen LogP contribution in [0.1, 0.15) is 19.8 Å². The molecule has 0 aliphatic carbocycles. The van der Waals surface area contributed by atoms with Crippen molar-refractivity contribution < 1.29 is 9.53 Å². The average molecular weight is 258 g/mol. The first-order valence-electron chi connectivity index (χ1n) is 5.19. The van der Waals surface area contributed by atoms with Gasteiger partial charge in [0.25, 0.3) is 0 Å². The molecule has 90 valence electrons. The molecule has 0 aliphatic heterocycles. The van der Waals surface area contributed by atoms with E-state index in [1.54, 1.807) is 12.2 Å². The lowest BCUT2D eigenvalue weighted by atomic mass is 9.97. The van der Waals surface area contributed by atoms with Gasteiger partial charge in [-0.25, -0.2) is 0 Å². The van der Waals surface area contributed by atoms with Crippen LogP contribution in [0.25, 0.3) is 0 Å². The Morgan fingerprint density at radius 2 is 2.00 bits per heavy atom. The molecule has 0 radical (unpaired) electrons. The van der Waals surface area contributed by atoms with Gasteiger partial charge in [-0.3, -0.25) is 4.79 Å². The van der Waals surface area contributed by atoms with Gasteiger partial charge in [-0.15, -0.1) is 13.2 Å². The van der Waals surface area contributed by atoms with Gasteiger partial charge < -0.3 is 4.74 Å². The van der Waals surface area contributed by atoms with E-state index in [-0.39, 0.29) is 11.7 Å². The third-order valence-electron chi connectivity index (χ3n) is 1.95. The zero-order chi connectivity index (χ0) is 12.4. The molecule has 2 nitrogen and oxygen atoms in total. The molecule has 0 saturated carbocycles. The summed E-state index contributed by atoms with van der Waals surface area (Å²) in [5.74, 6) is 0.518. The summed E-state index contributed by atoms with van der Waals surface area (Å²) < 4.78 is 5.53. The van der Waals surface area contributed by atoms with E-state index >= 15 is 0 Å². The maximum atomic E-state index is 11.8. The van der Waals surface area contributed by atoms with Crippen LogP contribution < -0.4 is 0 Å². The van der Waals surface area contributed by atoms with Crippen molar-refractivity contribution in [2.45, 2.75) is 19.8 Å².